The van der Waals surface area contributed by atoms with Crippen LogP contribution in [0.5, 0.6) is 5.75 Å². The molecule has 0 bridgehead atoms. The molecule has 1 aromatic carbocycles. The van der Waals surface area contributed by atoms with Gasteiger partial charge in [0.1, 0.15) is 5.75 Å². The SMILES string of the molecule is C=C(C)CNC(N)=NCc1cccc(OCCCC)c1.I. The Labute approximate surface area is 144 Å². The molecule has 118 valence electrons. The average molecular weight is 403 g/mol. The van der Waals surface area contributed by atoms with E-state index in [1.165, 1.54) is 0 Å². The van der Waals surface area contributed by atoms with Crippen molar-refractivity contribution in [2.75, 3.05) is 13.2 Å². The smallest absolute Gasteiger partial charge is 0.189 e. The van der Waals surface area contributed by atoms with Crippen LogP contribution in [0.15, 0.2) is 41.4 Å². The summed E-state index contributed by atoms with van der Waals surface area (Å²) in [5, 5.41) is 3.01. The molecule has 0 unspecified atom stereocenters. The Bertz CT molecular complexity index is 461. The Hall–Kier alpha value is -1.24. The lowest BCUT2D eigenvalue weighted by Crippen LogP contribution is -2.32. The third kappa shape index (κ3) is 9.33. The van der Waals surface area contributed by atoms with Gasteiger partial charge < -0.3 is 15.8 Å². The monoisotopic (exact) mass is 403 g/mol. The van der Waals surface area contributed by atoms with Crippen molar-refractivity contribution in [3.8, 4) is 5.75 Å². The number of nitrogens with two attached hydrogens (primary N) is 1. The third-order valence-corrected chi connectivity index (χ3v) is 2.67. The lowest BCUT2D eigenvalue weighted by molar-refractivity contribution is 0.309. The number of guanidine groups is 1. The lowest BCUT2D eigenvalue weighted by atomic mass is 10.2. The highest BCUT2D eigenvalue weighted by molar-refractivity contribution is 14.0. The second-order valence-electron chi connectivity index (χ2n) is 4.86. The summed E-state index contributed by atoms with van der Waals surface area (Å²) in [7, 11) is 0. The zero-order valence-corrected chi connectivity index (χ0v) is 15.2. The summed E-state index contributed by atoms with van der Waals surface area (Å²) in [5.41, 5.74) is 7.88. The number of hydrogen-bond donors (Lipinski definition) is 2. The molecule has 3 N–H and O–H groups in total. The zero-order chi connectivity index (χ0) is 14.8. The van der Waals surface area contributed by atoms with Crippen LogP contribution in [-0.4, -0.2) is 19.1 Å². The molecule has 0 fully saturated rings. The lowest BCUT2D eigenvalue weighted by Gasteiger charge is -2.07. The Morgan fingerprint density at radius 2 is 2.19 bits per heavy atom. The molecule has 0 saturated heterocycles. The van der Waals surface area contributed by atoms with Crippen molar-refractivity contribution in [3.05, 3.63) is 42.0 Å². The first-order valence-corrected chi connectivity index (χ1v) is 7.01. The van der Waals surface area contributed by atoms with Crippen molar-refractivity contribution < 1.29 is 4.74 Å². The van der Waals surface area contributed by atoms with Crippen molar-refractivity contribution in [1.82, 2.24) is 5.32 Å². The average Bonchev–Trinajstić information content (AvgIpc) is 2.43. The third-order valence-electron chi connectivity index (χ3n) is 2.67. The Kier molecular flexibility index (Phi) is 10.7. The van der Waals surface area contributed by atoms with E-state index in [0.717, 1.165) is 36.3 Å². The summed E-state index contributed by atoms with van der Waals surface area (Å²) in [6.45, 7) is 9.84. The molecule has 0 aliphatic heterocycles. The number of unbranched alkanes of at least 4 members (excludes halogenated alkanes) is 1. The highest BCUT2D eigenvalue weighted by Crippen LogP contribution is 2.14. The molecule has 0 aliphatic rings. The van der Waals surface area contributed by atoms with E-state index in [0.29, 0.717) is 19.0 Å². The normalized spacial score (nSPS) is 10.7. The zero-order valence-electron chi connectivity index (χ0n) is 12.9. The molecule has 0 aliphatic carbocycles. The molecular formula is C16H26IN3O. The summed E-state index contributed by atoms with van der Waals surface area (Å²) in [6, 6.07) is 7.96. The van der Waals surface area contributed by atoms with Crippen LogP contribution >= 0.6 is 24.0 Å². The van der Waals surface area contributed by atoms with Crippen LogP contribution in [0.4, 0.5) is 0 Å². The van der Waals surface area contributed by atoms with Gasteiger partial charge in [-0.05, 0) is 31.0 Å². The van der Waals surface area contributed by atoms with Gasteiger partial charge in [0.25, 0.3) is 0 Å². The highest BCUT2D eigenvalue weighted by Gasteiger charge is 1.97. The van der Waals surface area contributed by atoms with Crippen LogP contribution in [0.2, 0.25) is 0 Å². The second-order valence-corrected chi connectivity index (χ2v) is 4.86. The van der Waals surface area contributed by atoms with Gasteiger partial charge in [0, 0.05) is 6.54 Å². The van der Waals surface area contributed by atoms with Crippen molar-refractivity contribution in [2.45, 2.75) is 33.2 Å². The maximum atomic E-state index is 5.77. The molecule has 1 rings (SSSR count). The first-order valence-electron chi connectivity index (χ1n) is 7.01. The van der Waals surface area contributed by atoms with E-state index in [9.17, 15) is 0 Å². The van der Waals surface area contributed by atoms with Gasteiger partial charge in [-0.15, -0.1) is 24.0 Å². The number of benzene rings is 1. The Morgan fingerprint density at radius 3 is 2.86 bits per heavy atom. The molecular weight excluding hydrogens is 377 g/mol. The number of aliphatic imine (C=N–C) groups is 1. The standard InChI is InChI=1S/C16H25N3O.HI/c1-4-5-9-20-15-8-6-7-14(10-15)12-19-16(17)18-11-13(2)3;/h6-8,10H,2,4-5,9,11-12H2,1,3H3,(H3,17,18,19);1H. The Balaban J connectivity index is 0.00000400. The molecule has 1 aromatic rings. The summed E-state index contributed by atoms with van der Waals surface area (Å²) < 4.78 is 5.67. The predicted octanol–water partition coefficient (Wildman–Crippen LogP) is 3.46. The molecule has 0 amide bonds. The van der Waals surface area contributed by atoms with E-state index in [4.69, 9.17) is 10.5 Å². The maximum Gasteiger partial charge on any atom is 0.189 e. The first kappa shape index (κ1) is 19.8. The molecule has 0 saturated carbocycles. The van der Waals surface area contributed by atoms with E-state index < -0.39 is 0 Å². The minimum absolute atomic E-state index is 0. The number of rotatable bonds is 8. The highest BCUT2D eigenvalue weighted by atomic mass is 127. The van der Waals surface area contributed by atoms with Crippen LogP contribution in [0.3, 0.4) is 0 Å². The molecule has 0 spiro atoms. The van der Waals surface area contributed by atoms with E-state index in [1.807, 2.05) is 31.2 Å². The molecule has 0 atom stereocenters. The van der Waals surface area contributed by atoms with Gasteiger partial charge in [0.15, 0.2) is 5.96 Å². The number of nitrogens with zero attached hydrogens (tertiary/aromatic N) is 1. The van der Waals surface area contributed by atoms with Crippen LogP contribution in [-0.2, 0) is 6.54 Å². The van der Waals surface area contributed by atoms with Crippen LogP contribution in [0.1, 0.15) is 32.3 Å². The predicted molar refractivity (Wildman–Crippen MR) is 100 cm³/mol. The summed E-state index contributed by atoms with van der Waals surface area (Å²) in [5.74, 6) is 1.32. The molecule has 4 nitrogen and oxygen atoms in total. The van der Waals surface area contributed by atoms with Gasteiger partial charge >= 0.3 is 0 Å². The van der Waals surface area contributed by atoms with E-state index in [1.54, 1.807) is 0 Å². The molecule has 5 heteroatoms. The Morgan fingerprint density at radius 1 is 1.43 bits per heavy atom. The molecule has 0 aromatic heterocycles. The van der Waals surface area contributed by atoms with Crippen molar-refractivity contribution in [3.63, 3.8) is 0 Å². The molecule has 0 heterocycles. The van der Waals surface area contributed by atoms with Gasteiger partial charge in [-0.25, -0.2) is 4.99 Å². The quantitative estimate of drug-likeness (QED) is 0.230. The van der Waals surface area contributed by atoms with Crippen LogP contribution in [0, 0.1) is 0 Å². The number of nitrogens with one attached hydrogen (secondary N) is 1. The van der Waals surface area contributed by atoms with Gasteiger partial charge in [-0.1, -0.05) is 37.6 Å². The summed E-state index contributed by atoms with van der Waals surface area (Å²) in [6.07, 6.45) is 2.20. The largest absolute Gasteiger partial charge is 0.494 e. The van der Waals surface area contributed by atoms with Crippen molar-refractivity contribution in [1.29, 1.82) is 0 Å². The van der Waals surface area contributed by atoms with Gasteiger partial charge in [0.05, 0.1) is 13.2 Å². The minimum atomic E-state index is 0. The van der Waals surface area contributed by atoms with E-state index >= 15 is 0 Å². The minimum Gasteiger partial charge on any atom is -0.494 e. The summed E-state index contributed by atoms with van der Waals surface area (Å²) in [4.78, 5) is 4.29. The fourth-order valence-electron chi connectivity index (χ4n) is 1.54. The summed E-state index contributed by atoms with van der Waals surface area (Å²) >= 11 is 0. The van der Waals surface area contributed by atoms with Crippen LogP contribution in [0.25, 0.3) is 0 Å². The van der Waals surface area contributed by atoms with Crippen LogP contribution < -0.4 is 15.8 Å². The number of ether oxygens (including phenoxy) is 1. The number of hydrogen-bond acceptors (Lipinski definition) is 2. The number of halogens is 1. The fraction of sp³-hybridized carbons (Fsp3) is 0.438. The van der Waals surface area contributed by atoms with E-state index in [2.05, 4.69) is 23.8 Å². The van der Waals surface area contributed by atoms with Gasteiger partial charge in [-0.2, -0.15) is 0 Å². The first-order chi connectivity index (χ1) is 9.61. The second kappa shape index (κ2) is 11.4. The topological polar surface area (TPSA) is 59.6 Å². The van der Waals surface area contributed by atoms with Gasteiger partial charge in [-0.3, -0.25) is 0 Å². The van der Waals surface area contributed by atoms with Crippen molar-refractivity contribution in [2.24, 2.45) is 10.7 Å². The fourth-order valence-corrected chi connectivity index (χ4v) is 1.54. The molecule has 21 heavy (non-hydrogen) atoms. The van der Waals surface area contributed by atoms with E-state index in [-0.39, 0.29) is 24.0 Å². The molecule has 0 radical (unpaired) electrons. The maximum absolute atomic E-state index is 5.77. The van der Waals surface area contributed by atoms with Crippen molar-refractivity contribution >= 4 is 29.9 Å². The van der Waals surface area contributed by atoms with Gasteiger partial charge in [0.2, 0.25) is 0 Å².